The minimum Gasteiger partial charge on any atom is -0.493 e. The van der Waals surface area contributed by atoms with E-state index in [1.54, 1.807) is 12.1 Å². The van der Waals surface area contributed by atoms with Gasteiger partial charge in [0, 0.05) is 0 Å². The molecule has 6 nitrogen and oxygen atoms in total. The summed E-state index contributed by atoms with van der Waals surface area (Å²) in [6.07, 6.45) is -0.0835. The van der Waals surface area contributed by atoms with Crippen molar-refractivity contribution in [2.45, 2.75) is 27.2 Å². The average molecular weight is 353 g/mol. The van der Waals surface area contributed by atoms with Gasteiger partial charge in [0.1, 0.15) is 5.75 Å². The van der Waals surface area contributed by atoms with E-state index in [1.165, 1.54) is 12.1 Å². The molecule has 0 radical (unpaired) electrons. The quantitative estimate of drug-likeness (QED) is 0.772. The molecule has 0 atom stereocenters. The van der Waals surface area contributed by atoms with Crippen LogP contribution in [0.15, 0.2) is 36.4 Å². The molecule has 0 fully saturated rings. The molecule has 26 heavy (non-hydrogen) atoms. The zero-order valence-corrected chi connectivity index (χ0v) is 14.9. The lowest BCUT2D eigenvalue weighted by Crippen LogP contribution is -2.33. The van der Waals surface area contributed by atoms with E-state index >= 15 is 0 Å². The van der Waals surface area contributed by atoms with E-state index in [1.807, 2.05) is 26.8 Å². The minimum atomic E-state index is -0.707. The maximum Gasteiger partial charge on any atom is 0.336 e. The number of aryl methyl sites for hydroxylation is 2. The Labute approximate surface area is 151 Å². The van der Waals surface area contributed by atoms with E-state index in [0.29, 0.717) is 10.8 Å². The van der Waals surface area contributed by atoms with Crippen LogP contribution >= 0.6 is 0 Å². The lowest BCUT2D eigenvalue weighted by atomic mass is 10.1. The first-order valence-electron chi connectivity index (χ1n) is 8.27. The van der Waals surface area contributed by atoms with Crippen molar-refractivity contribution in [2.75, 3.05) is 6.61 Å². The number of nitrogens with zero attached hydrogens (tertiary/aromatic N) is 1. The normalized spacial score (nSPS) is 13.0. The molecule has 0 aromatic heterocycles. The topological polar surface area (TPSA) is 72.9 Å². The van der Waals surface area contributed by atoms with E-state index in [-0.39, 0.29) is 24.2 Å². The molecule has 0 spiro atoms. The van der Waals surface area contributed by atoms with E-state index in [2.05, 4.69) is 6.07 Å². The lowest BCUT2D eigenvalue weighted by molar-refractivity contribution is -0.169. The van der Waals surface area contributed by atoms with Crippen LogP contribution < -0.4 is 4.74 Å². The first-order valence-corrected chi connectivity index (χ1v) is 8.27. The van der Waals surface area contributed by atoms with Gasteiger partial charge in [0.25, 0.3) is 11.8 Å². The summed E-state index contributed by atoms with van der Waals surface area (Å²) in [6, 6.07) is 10.3. The molecule has 0 saturated carbocycles. The molecule has 134 valence electrons. The number of amides is 2. The first-order chi connectivity index (χ1) is 12.4. The Morgan fingerprint density at radius 3 is 2.23 bits per heavy atom. The van der Waals surface area contributed by atoms with Crippen molar-refractivity contribution in [1.29, 1.82) is 0 Å². The second kappa shape index (κ2) is 7.00. The number of carbonyl (C=O) groups is 3. The number of benzene rings is 2. The fourth-order valence-corrected chi connectivity index (χ4v) is 2.79. The summed E-state index contributed by atoms with van der Waals surface area (Å²) in [5.41, 5.74) is 3.63. The van der Waals surface area contributed by atoms with Gasteiger partial charge in [0.05, 0.1) is 24.2 Å². The first kappa shape index (κ1) is 17.7. The summed E-state index contributed by atoms with van der Waals surface area (Å²) in [5, 5.41) is 0.509. The molecule has 6 heteroatoms. The van der Waals surface area contributed by atoms with Gasteiger partial charge in [-0.25, -0.2) is 4.79 Å². The van der Waals surface area contributed by atoms with Gasteiger partial charge in [-0.3, -0.25) is 9.59 Å². The highest BCUT2D eigenvalue weighted by molar-refractivity contribution is 6.20. The van der Waals surface area contributed by atoms with Crippen molar-refractivity contribution >= 4 is 17.8 Å². The predicted octanol–water partition coefficient (Wildman–Crippen LogP) is 3.14. The highest BCUT2D eigenvalue weighted by Crippen LogP contribution is 2.24. The zero-order chi connectivity index (χ0) is 18.8. The molecule has 0 aliphatic carbocycles. The van der Waals surface area contributed by atoms with Crippen molar-refractivity contribution < 1.29 is 24.0 Å². The summed E-state index contributed by atoms with van der Waals surface area (Å²) < 4.78 is 5.66. The van der Waals surface area contributed by atoms with Gasteiger partial charge in [-0.2, -0.15) is 0 Å². The Morgan fingerprint density at radius 1 is 1.00 bits per heavy atom. The molecule has 3 rings (SSSR count). The van der Waals surface area contributed by atoms with Gasteiger partial charge in [0.2, 0.25) is 0 Å². The van der Waals surface area contributed by atoms with Gasteiger partial charge >= 0.3 is 5.97 Å². The maximum atomic E-state index is 12.2. The van der Waals surface area contributed by atoms with Crippen LogP contribution in [-0.2, 0) is 9.63 Å². The molecule has 0 unspecified atom stereocenters. The predicted molar refractivity (Wildman–Crippen MR) is 93.8 cm³/mol. The smallest absolute Gasteiger partial charge is 0.336 e. The molecule has 0 N–H and O–H groups in total. The Kier molecular flexibility index (Phi) is 4.75. The van der Waals surface area contributed by atoms with Gasteiger partial charge in [-0.1, -0.05) is 23.3 Å². The van der Waals surface area contributed by atoms with Crippen LogP contribution in [0.1, 0.15) is 43.8 Å². The highest BCUT2D eigenvalue weighted by Gasteiger charge is 2.38. The molecule has 1 aliphatic heterocycles. The Hall–Kier alpha value is -3.15. The van der Waals surface area contributed by atoms with Crippen LogP contribution in [0.25, 0.3) is 0 Å². The van der Waals surface area contributed by atoms with Crippen molar-refractivity contribution in [1.82, 2.24) is 5.06 Å². The number of rotatable bonds is 5. The Bertz CT molecular complexity index is 868. The molecule has 0 bridgehead atoms. The summed E-state index contributed by atoms with van der Waals surface area (Å²) in [7, 11) is 0. The fourth-order valence-electron chi connectivity index (χ4n) is 2.79. The average Bonchev–Trinajstić information content (AvgIpc) is 2.84. The Morgan fingerprint density at radius 2 is 1.62 bits per heavy atom. The molecule has 1 heterocycles. The summed E-state index contributed by atoms with van der Waals surface area (Å²) >= 11 is 0. The van der Waals surface area contributed by atoms with Crippen molar-refractivity contribution in [3.8, 4) is 5.75 Å². The van der Waals surface area contributed by atoms with Crippen molar-refractivity contribution in [3.63, 3.8) is 0 Å². The number of imide groups is 1. The van der Waals surface area contributed by atoms with E-state index in [0.717, 1.165) is 16.7 Å². The highest BCUT2D eigenvalue weighted by atomic mass is 16.7. The number of carbonyl (C=O) groups excluding carboxylic acids is 3. The number of hydroxylamine groups is 2. The molecule has 1 aliphatic rings. The minimum absolute atomic E-state index is 0.0835. The van der Waals surface area contributed by atoms with Gasteiger partial charge in [-0.15, -0.1) is 0 Å². The third-order valence-electron chi connectivity index (χ3n) is 4.28. The van der Waals surface area contributed by atoms with Gasteiger partial charge in [0.15, 0.2) is 0 Å². The van der Waals surface area contributed by atoms with Crippen LogP contribution in [0.5, 0.6) is 5.75 Å². The van der Waals surface area contributed by atoms with E-state index < -0.39 is 17.8 Å². The summed E-state index contributed by atoms with van der Waals surface area (Å²) in [5.74, 6) is -1.27. The molecule has 2 aromatic rings. The zero-order valence-electron chi connectivity index (χ0n) is 14.9. The molecule has 0 saturated heterocycles. The number of ether oxygens (including phenoxy) is 1. The third-order valence-corrected chi connectivity index (χ3v) is 4.28. The third kappa shape index (κ3) is 3.31. The lowest BCUT2D eigenvalue weighted by Gasteiger charge is -2.14. The van der Waals surface area contributed by atoms with Crippen molar-refractivity contribution in [2.24, 2.45) is 0 Å². The molecule has 2 amide bonds. The largest absolute Gasteiger partial charge is 0.493 e. The number of hydrogen-bond donors (Lipinski definition) is 0. The fraction of sp³-hybridized carbons (Fsp3) is 0.250. The van der Waals surface area contributed by atoms with Gasteiger partial charge in [-0.05, 0) is 55.7 Å². The Balaban J connectivity index is 1.58. The number of fused-ring (bicyclic) bond motifs is 1. The van der Waals surface area contributed by atoms with E-state index in [4.69, 9.17) is 9.57 Å². The second-order valence-electron chi connectivity index (χ2n) is 6.22. The van der Waals surface area contributed by atoms with Crippen LogP contribution in [0.4, 0.5) is 0 Å². The summed E-state index contributed by atoms with van der Waals surface area (Å²) in [6.45, 7) is 5.99. The van der Waals surface area contributed by atoms with Crippen molar-refractivity contribution in [3.05, 3.63) is 64.2 Å². The monoisotopic (exact) mass is 353 g/mol. The maximum absolute atomic E-state index is 12.2. The standard InChI is InChI=1S/C20H19NO5/c1-12-10-13(2)14(3)17(11-12)25-9-8-18(22)26-21-19(23)15-6-4-5-7-16(15)20(21)24/h4-7,10-11H,8-9H2,1-3H3. The van der Waals surface area contributed by atoms with E-state index in [9.17, 15) is 14.4 Å². The summed E-state index contributed by atoms with van der Waals surface area (Å²) in [4.78, 5) is 41.3. The second-order valence-corrected chi connectivity index (χ2v) is 6.22. The van der Waals surface area contributed by atoms with Gasteiger partial charge < -0.3 is 9.57 Å². The van der Waals surface area contributed by atoms with Crippen LogP contribution in [0.3, 0.4) is 0 Å². The van der Waals surface area contributed by atoms with Crippen LogP contribution in [-0.4, -0.2) is 29.5 Å². The molecular formula is C20H19NO5. The SMILES string of the molecule is Cc1cc(C)c(C)c(OCCC(=O)ON2C(=O)c3ccccc3C2=O)c1. The van der Waals surface area contributed by atoms with Crippen LogP contribution in [0.2, 0.25) is 0 Å². The van der Waals surface area contributed by atoms with Crippen LogP contribution in [0, 0.1) is 20.8 Å². The molecule has 2 aromatic carbocycles. The molecular weight excluding hydrogens is 334 g/mol. The number of hydrogen-bond acceptors (Lipinski definition) is 5.